The zero-order valence-corrected chi connectivity index (χ0v) is 18.3. The molecular formula is C14H24BrN6O6S+. The lowest BCUT2D eigenvalue weighted by Crippen LogP contribution is -2.67. The van der Waals surface area contributed by atoms with E-state index in [1.54, 1.807) is 25.8 Å². The van der Waals surface area contributed by atoms with Crippen LogP contribution in [0.15, 0.2) is 9.13 Å². The molecule has 0 aromatic carbocycles. The van der Waals surface area contributed by atoms with E-state index in [0.717, 1.165) is 0 Å². The summed E-state index contributed by atoms with van der Waals surface area (Å²) < 4.78 is 38.0. The average Bonchev–Trinajstić information content (AvgIpc) is 3.03. The summed E-state index contributed by atoms with van der Waals surface area (Å²) >= 11 is 3.26. The molecule has 158 valence electrons. The van der Waals surface area contributed by atoms with Crippen LogP contribution in [0.5, 0.6) is 0 Å². The fourth-order valence-electron chi connectivity index (χ4n) is 2.66. The van der Waals surface area contributed by atoms with Crippen molar-refractivity contribution >= 4 is 43.9 Å². The van der Waals surface area contributed by atoms with Gasteiger partial charge in [0.15, 0.2) is 0 Å². The van der Waals surface area contributed by atoms with Crippen molar-refractivity contribution in [3.05, 3.63) is 4.60 Å². The van der Waals surface area contributed by atoms with Gasteiger partial charge in [-0.15, -0.1) is 5.01 Å². The third-order valence-corrected chi connectivity index (χ3v) is 6.97. The Bertz CT molecular complexity index is 803. The third-order valence-electron chi connectivity index (χ3n) is 4.10. The molecule has 14 heteroatoms. The lowest BCUT2D eigenvalue weighted by Gasteiger charge is -2.32. The Morgan fingerprint density at radius 1 is 1.25 bits per heavy atom. The SMILES string of the molecule is CCOC(=O)C(=O)Nc1on[n+](N2CCN(S(=O)(=O)N(CC)CC)CC2)c1Br. The van der Waals surface area contributed by atoms with E-state index in [-0.39, 0.29) is 30.2 Å². The first-order chi connectivity index (χ1) is 13.3. The van der Waals surface area contributed by atoms with E-state index in [1.807, 2.05) is 0 Å². The Labute approximate surface area is 171 Å². The predicted octanol–water partition coefficient (Wildman–Crippen LogP) is -0.934. The lowest BCUT2D eigenvalue weighted by molar-refractivity contribution is -0.768. The number of carbonyl (C=O) groups excluding carboxylic acids is 2. The highest BCUT2D eigenvalue weighted by Crippen LogP contribution is 2.18. The monoisotopic (exact) mass is 483 g/mol. The number of nitrogens with zero attached hydrogens (tertiary/aromatic N) is 5. The molecule has 1 aromatic heterocycles. The highest BCUT2D eigenvalue weighted by Gasteiger charge is 2.37. The standard InChI is InChI=1S/C14H23BrN6O6S/c1-4-19(5-2)28(24,25)20-9-7-18(8-10-20)21-11(15)13(27-17-21)16-12(22)14(23)26-6-3/h4-10H2,1-3H3/p+1. The van der Waals surface area contributed by atoms with Gasteiger partial charge in [-0.1, -0.05) is 13.8 Å². The van der Waals surface area contributed by atoms with Gasteiger partial charge in [-0.05, 0) is 6.92 Å². The van der Waals surface area contributed by atoms with Crippen LogP contribution in [0.4, 0.5) is 5.88 Å². The number of nitrogens with one attached hydrogen (secondary N) is 1. The minimum absolute atomic E-state index is 0.0590. The van der Waals surface area contributed by atoms with Crippen molar-refractivity contribution in [1.29, 1.82) is 0 Å². The number of hydrogen-bond acceptors (Lipinski definition) is 8. The van der Waals surface area contributed by atoms with E-state index < -0.39 is 22.1 Å². The number of esters is 1. The molecule has 1 aliphatic heterocycles. The number of carbonyl (C=O) groups is 2. The first-order valence-corrected chi connectivity index (χ1v) is 11.0. The average molecular weight is 484 g/mol. The molecule has 0 aliphatic carbocycles. The summed E-state index contributed by atoms with van der Waals surface area (Å²) in [7, 11) is -3.50. The first kappa shape index (κ1) is 22.5. The molecule has 0 unspecified atom stereocenters. The van der Waals surface area contributed by atoms with Gasteiger partial charge in [-0.3, -0.25) is 14.6 Å². The fraction of sp³-hybridized carbons (Fsp3) is 0.714. The first-order valence-electron chi connectivity index (χ1n) is 8.82. The van der Waals surface area contributed by atoms with E-state index in [2.05, 4.69) is 31.3 Å². The zero-order chi connectivity index (χ0) is 20.9. The molecule has 1 amide bonds. The molecule has 0 saturated carbocycles. The summed E-state index contributed by atoms with van der Waals surface area (Å²) in [4.78, 5) is 24.5. The van der Waals surface area contributed by atoms with Crippen LogP contribution in [0, 0.1) is 0 Å². The zero-order valence-electron chi connectivity index (χ0n) is 15.9. The van der Waals surface area contributed by atoms with Gasteiger partial charge >= 0.3 is 22.4 Å². The number of amides is 1. The predicted molar refractivity (Wildman–Crippen MR) is 101 cm³/mol. The van der Waals surface area contributed by atoms with Crippen molar-refractivity contribution in [2.45, 2.75) is 20.8 Å². The van der Waals surface area contributed by atoms with Crippen LogP contribution in [0.25, 0.3) is 0 Å². The maximum atomic E-state index is 12.6. The maximum absolute atomic E-state index is 12.6. The maximum Gasteiger partial charge on any atom is 0.397 e. The molecule has 0 bridgehead atoms. The van der Waals surface area contributed by atoms with Crippen LogP contribution >= 0.6 is 15.9 Å². The van der Waals surface area contributed by atoms with Crippen LogP contribution in [-0.2, 0) is 24.5 Å². The van der Waals surface area contributed by atoms with Gasteiger partial charge in [0.05, 0.1) is 24.5 Å². The minimum atomic E-state index is -3.50. The summed E-state index contributed by atoms with van der Waals surface area (Å²) in [6.45, 7) is 7.35. The molecule has 2 heterocycles. The van der Waals surface area contributed by atoms with Crippen LogP contribution in [0.2, 0.25) is 0 Å². The number of anilines is 1. The molecule has 0 spiro atoms. The summed E-state index contributed by atoms with van der Waals surface area (Å²) in [6.07, 6.45) is 0. The molecule has 28 heavy (non-hydrogen) atoms. The largest absolute Gasteiger partial charge is 0.459 e. The van der Waals surface area contributed by atoms with E-state index in [4.69, 9.17) is 4.52 Å². The Morgan fingerprint density at radius 3 is 2.39 bits per heavy atom. The molecule has 1 fully saturated rings. The Morgan fingerprint density at radius 2 is 1.86 bits per heavy atom. The van der Waals surface area contributed by atoms with Gasteiger partial charge in [0.2, 0.25) is 5.27 Å². The van der Waals surface area contributed by atoms with Crippen molar-refractivity contribution in [3.63, 3.8) is 0 Å². The molecular weight excluding hydrogens is 460 g/mol. The highest BCUT2D eigenvalue weighted by atomic mass is 79.9. The molecule has 1 saturated heterocycles. The summed E-state index contributed by atoms with van der Waals surface area (Å²) in [5.74, 6) is -2.08. The number of hydrogen-bond donors (Lipinski definition) is 1. The fourth-order valence-corrected chi connectivity index (χ4v) is 4.72. The highest BCUT2D eigenvalue weighted by molar-refractivity contribution is 9.10. The number of rotatable bonds is 7. The van der Waals surface area contributed by atoms with E-state index in [9.17, 15) is 18.0 Å². The molecule has 2 rings (SSSR count). The van der Waals surface area contributed by atoms with E-state index >= 15 is 0 Å². The van der Waals surface area contributed by atoms with Crippen molar-refractivity contribution in [2.75, 3.05) is 56.2 Å². The summed E-state index contributed by atoms with van der Waals surface area (Å²) in [5.41, 5.74) is 0. The number of aromatic nitrogens is 2. The lowest BCUT2D eigenvalue weighted by atomic mass is 10.4. The Hall–Kier alpha value is -1.77. The summed E-state index contributed by atoms with van der Waals surface area (Å²) in [6, 6.07) is 0. The summed E-state index contributed by atoms with van der Waals surface area (Å²) in [5, 5.41) is 7.85. The molecule has 1 aliphatic rings. The molecule has 1 aromatic rings. The van der Waals surface area contributed by atoms with Gasteiger partial charge < -0.3 is 4.74 Å². The molecule has 12 nitrogen and oxygen atoms in total. The molecule has 0 atom stereocenters. The second kappa shape index (κ2) is 9.62. The van der Waals surface area contributed by atoms with Gasteiger partial charge in [-0.2, -0.15) is 17.0 Å². The van der Waals surface area contributed by atoms with E-state index in [1.165, 1.54) is 13.4 Å². The van der Waals surface area contributed by atoms with Gasteiger partial charge in [0.25, 0.3) is 10.2 Å². The second-order valence-electron chi connectivity index (χ2n) is 5.70. The Balaban J connectivity index is 2.03. The quantitative estimate of drug-likeness (QED) is 0.299. The number of piperazine rings is 1. The third kappa shape index (κ3) is 4.79. The van der Waals surface area contributed by atoms with Crippen LogP contribution in [0.1, 0.15) is 20.8 Å². The number of halogens is 1. The normalized spacial score (nSPS) is 15.7. The Kier molecular flexibility index (Phi) is 7.74. The van der Waals surface area contributed by atoms with Crippen LogP contribution in [-0.4, -0.2) is 80.1 Å². The van der Waals surface area contributed by atoms with Crippen molar-refractivity contribution in [2.24, 2.45) is 0 Å². The van der Waals surface area contributed by atoms with Crippen molar-refractivity contribution in [3.8, 4) is 0 Å². The minimum Gasteiger partial charge on any atom is -0.459 e. The van der Waals surface area contributed by atoms with Gasteiger partial charge in [0.1, 0.15) is 0 Å². The topological polar surface area (TPSA) is 129 Å². The van der Waals surface area contributed by atoms with Crippen LogP contribution in [0.3, 0.4) is 0 Å². The van der Waals surface area contributed by atoms with Gasteiger partial charge in [-0.25, -0.2) is 4.79 Å². The molecule has 0 radical (unpaired) electrons. The van der Waals surface area contributed by atoms with Crippen LogP contribution < -0.4 is 15.1 Å². The van der Waals surface area contributed by atoms with Gasteiger partial charge in [0, 0.05) is 42.1 Å². The van der Waals surface area contributed by atoms with E-state index in [0.29, 0.717) is 26.2 Å². The molecule has 1 N–H and O–H groups in total. The van der Waals surface area contributed by atoms with Crippen molar-refractivity contribution in [1.82, 2.24) is 13.9 Å². The smallest absolute Gasteiger partial charge is 0.397 e. The number of ether oxygens (including phenoxy) is 1. The van der Waals surface area contributed by atoms with Crippen molar-refractivity contribution < 1.29 is 32.1 Å². The second-order valence-corrected chi connectivity index (χ2v) is 8.38.